The van der Waals surface area contributed by atoms with Gasteiger partial charge < -0.3 is 19.5 Å². The summed E-state index contributed by atoms with van der Waals surface area (Å²) in [6.07, 6.45) is -0.217. The highest BCUT2D eigenvalue weighted by atomic mass is 16.5. The summed E-state index contributed by atoms with van der Waals surface area (Å²) in [7, 11) is 1.55. The summed E-state index contributed by atoms with van der Waals surface area (Å²) in [5, 5.41) is 2.91. The molecular formula is C25H25NO5. The Morgan fingerprint density at radius 3 is 2.42 bits per heavy atom. The molecule has 0 saturated heterocycles. The number of ether oxygens (including phenoxy) is 3. The molecule has 1 amide bonds. The van der Waals surface area contributed by atoms with Crippen LogP contribution in [0.15, 0.2) is 66.7 Å². The van der Waals surface area contributed by atoms with Crippen molar-refractivity contribution in [2.45, 2.75) is 20.0 Å². The maximum Gasteiger partial charge on any atom is 0.270 e. The van der Waals surface area contributed by atoms with Crippen LogP contribution in [0.1, 0.15) is 34.5 Å². The van der Waals surface area contributed by atoms with Gasteiger partial charge in [-0.15, -0.1) is 0 Å². The third kappa shape index (κ3) is 5.42. The van der Waals surface area contributed by atoms with E-state index in [0.29, 0.717) is 40.7 Å². The van der Waals surface area contributed by atoms with Gasteiger partial charge in [-0.2, -0.15) is 0 Å². The molecule has 6 nitrogen and oxygen atoms in total. The van der Waals surface area contributed by atoms with Crippen LogP contribution in [0.25, 0.3) is 0 Å². The molecule has 0 saturated carbocycles. The minimum absolute atomic E-state index is 0.364. The Balaban J connectivity index is 1.96. The molecule has 0 aliphatic rings. The fourth-order valence-corrected chi connectivity index (χ4v) is 3.11. The van der Waals surface area contributed by atoms with E-state index in [4.69, 9.17) is 14.2 Å². The quantitative estimate of drug-likeness (QED) is 0.496. The van der Waals surface area contributed by atoms with Gasteiger partial charge in [0, 0.05) is 11.1 Å². The lowest BCUT2D eigenvalue weighted by atomic mass is 10.1. The molecule has 0 heterocycles. The number of nitrogens with one attached hydrogen (secondary N) is 1. The number of hydrogen-bond acceptors (Lipinski definition) is 5. The van der Waals surface area contributed by atoms with Crippen molar-refractivity contribution in [3.63, 3.8) is 0 Å². The van der Waals surface area contributed by atoms with Crippen LogP contribution in [0.2, 0.25) is 0 Å². The molecule has 3 aromatic rings. The van der Waals surface area contributed by atoms with E-state index < -0.39 is 6.10 Å². The van der Waals surface area contributed by atoms with Crippen LogP contribution in [0.3, 0.4) is 0 Å². The number of rotatable bonds is 9. The first kappa shape index (κ1) is 21.9. The van der Waals surface area contributed by atoms with Crippen LogP contribution in [-0.4, -0.2) is 25.9 Å². The van der Waals surface area contributed by atoms with Crippen molar-refractivity contribution in [3.8, 4) is 17.2 Å². The fraction of sp³-hybridized carbons (Fsp3) is 0.200. The highest BCUT2D eigenvalue weighted by Crippen LogP contribution is 2.34. The molecular weight excluding hydrogens is 394 g/mol. The van der Waals surface area contributed by atoms with Gasteiger partial charge in [0.25, 0.3) is 5.91 Å². The summed E-state index contributed by atoms with van der Waals surface area (Å²) in [5.41, 5.74) is 2.67. The molecule has 1 atom stereocenters. The van der Waals surface area contributed by atoms with Crippen molar-refractivity contribution >= 4 is 17.9 Å². The van der Waals surface area contributed by atoms with Gasteiger partial charge in [0.15, 0.2) is 11.5 Å². The molecule has 0 aliphatic heterocycles. The average molecular weight is 419 g/mol. The first-order chi connectivity index (χ1) is 15.0. The van der Waals surface area contributed by atoms with Gasteiger partial charge in [0.2, 0.25) is 6.10 Å². The Morgan fingerprint density at radius 1 is 1.00 bits per heavy atom. The lowest BCUT2D eigenvalue weighted by molar-refractivity contribution is -0.123. The van der Waals surface area contributed by atoms with Gasteiger partial charge in [-0.3, -0.25) is 9.59 Å². The van der Waals surface area contributed by atoms with Gasteiger partial charge in [-0.05, 0) is 49.7 Å². The molecule has 0 unspecified atom stereocenters. The molecule has 160 valence electrons. The fourth-order valence-electron chi connectivity index (χ4n) is 3.11. The first-order valence-corrected chi connectivity index (χ1v) is 9.94. The number of carbonyl (C=O) groups is 2. The third-order valence-electron chi connectivity index (χ3n) is 4.60. The molecule has 0 aliphatic carbocycles. The second-order valence-electron chi connectivity index (χ2n) is 6.86. The Kier molecular flexibility index (Phi) is 7.27. The summed E-state index contributed by atoms with van der Waals surface area (Å²) in [6.45, 7) is 4.16. The number of amides is 1. The topological polar surface area (TPSA) is 73.9 Å². The molecule has 31 heavy (non-hydrogen) atoms. The SMILES string of the molecule is CCOc1cc(C=O)ccc1O[C@H](C(=O)Nc1cc(C)ccc1OC)c1ccccc1. The Hall–Kier alpha value is -3.80. The average Bonchev–Trinajstić information content (AvgIpc) is 2.79. The van der Waals surface area contributed by atoms with Crippen LogP contribution in [0, 0.1) is 6.92 Å². The number of benzene rings is 3. The molecule has 3 rings (SSSR count). The maximum atomic E-state index is 13.3. The Bertz CT molecular complexity index is 1050. The number of methoxy groups -OCH3 is 1. The molecule has 6 heteroatoms. The minimum atomic E-state index is -0.951. The van der Waals surface area contributed by atoms with E-state index in [1.807, 2.05) is 56.3 Å². The summed E-state index contributed by atoms with van der Waals surface area (Å²) in [6, 6.07) is 19.6. The Morgan fingerprint density at radius 2 is 1.74 bits per heavy atom. The molecule has 0 spiro atoms. The molecule has 0 bridgehead atoms. The molecule has 0 fully saturated rings. The number of carbonyl (C=O) groups excluding carboxylic acids is 2. The largest absolute Gasteiger partial charge is 0.495 e. The van der Waals surface area contributed by atoms with E-state index in [2.05, 4.69) is 5.32 Å². The van der Waals surface area contributed by atoms with Crippen molar-refractivity contribution in [1.82, 2.24) is 0 Å². The summed E-state index contributed by atoms with van der Waals surface area (Å²) < 4.78 is 17.1. The van der Waals surface area contributed by atoms with Gasteiger partial charge in [-0.1, -0.05) is 36.4 Å². The molecule has 3 aromatic carbocycles. The summed E-state index contributed by atoms with van der Waals surface area (Å²) >= 11 is 0. The highest BCUT2D eigenvalue weighted by Gasteiger charge is 2.25. The van der Waals surface area contributed by atoms with Crippen molar-refractivity contribution in [2.24, 2.45) is 0 Å². The van der Waals surface area contributed by atoms with Crippen molar-refractivity contribution in [2.75, 3.05) is 19.0 Å². The van der Waals surface area contributed by atoms with E-state index in [0.717, 1.165) is 11.8 Å². The summed E-state index contributed by atoms with van der Waals surface area (Å²) in [4.78, 5) is 24.4. The van der Waals surface area contributed by atoms with Crippen molar-refractivity contribution in [1.29, 1.82) is 0 Å². The van der Waals surface area contributed by atoms with Crippen LogP contribution >= 0.6 is 0 Å². The zero-order valence-electron chi connectivity index (χ0n) is 17.8. The number of aryl methyl sites for hydroxylation is 1. The Labute approximate surface area is 181 Å². The van der Waals surface area contributed by atoms with Crippen LogP contribution < -0.4 is 19.5 Å². The van der Waals surface area contributed by atoms with Gasteiger partial charge in [0.05, 0.1) is 19.4 Å². The standard InChI is InChI=1S/C25H25NO5/c1-4-30-23-15-18(16-27)11-13-22(23)31-24(19-8-6-5-7-9-19)25(28)26-20-14-17(2)10-12-21(20)29-3/h5-16,24H,4H2,1-3H3,(H,26,28)/t24-/m0/s1. The first-order valence-electron chi connectivity index (χ1n) is 9.94. The lowest BCUT2D eigenvalue weighted by Crippen LogP contribution is -2.26. The summed E-state index contributed by atoms with van der Waals surface area (Å²) in [5.74, 6) is 0.953. The molecule has 0 radical (unpaired) electrons. The smallest absolute Gasteiger partial charge is 0.270 e. The predicted molar refractivity (Wildman–Crippen MR) is 119 cm³/mol. The van der Waals surface area contributed by atoms with Crippen LogP contribution in [-0.2, 0) is 4.79 Å². The maximum absolute atomic E-state index is 13.3. The van der Waals surface area contributed by atoms with Gasteiger partial charge >= 0.3 is 0 Å². The lowest BCUT2D eigenvalue weighted by Gasteiger charge is -2.21. The highest BCUT2D eigenvalue weighted by molar-refractivity contribution is 5.96. The predicted octanol–water partition coefficient (Wildman–Crippen LogP) is 4.97. The normalized spacial score (nSPS) is 11.3. The zero-order valence-corrected chi connectivity index (χ0v) is 17.8. The van der Waals surface area contributed by atoms with Gasteiger partial charge in [-0.25, -0.2) is 0 Å². The number of aldehydes is 1. The van der Waals surface area contributed by atoms with Crippen LogP contribution in [0.5, 0.6) is 17.2 Å². The number of anilines is 1. The van der Waals surface area contributed by atoms with E-state index in [-0.39, 0.29) is 5.91 Å². The molecule has 1 N–H and O–H groups in total. The van der Waals surface area contributed by atoms with Crippen molar-refractivity contribution < 1.29 is 23.8 Å². The number of hydrogen-bond donors (Lipinski definition) is 1. The van der Waals surface area contributed by atoms with Crippen LogP contribution in [0.4, 0.5) is 5.69 Å². The van der Waals surface area contributed by atoms with E-state index in [1.54, 1.807) is 31.4 Å². The minimum Gasteiger partial charge on any atom is -0.495 e. The second-order valence-corrected chi connectivity index (χ2v) is 6.86. The van der Waals surface area contributed by atoms with Gasteiger partial charge in [0.1, 0.15) is 12.0 Å². The monoisotopic (exact) mass is 419 g/mol. The van der Waals surface area contributed by atoms with E-state index in [1.165, 1.54) is 0 Å². The third-order valence-corrected chi connectivity index (χ3v) is 4.60. The zero-order chi connectivity index (χ0) is 22.2. The van der Waals surface area contributed by atoms with Crippen molar-refractivity contribution in [3.05, 3.63) is 83.4 Å². The second kappa shape index (κ2) is 10.3. The van der Waals surface area contributed by atoms with E-state index >= 15 is 0 Å². The van der Waals surface area contributed by atoms with E-state index in [9.17, 15) is 9.59 Å². The molecule has 0 aromatic heterocycles.